The third-order valence-electron chi connectivity index (χ3n) is 8.56. The smallest absolute Gasteiger partial charge is 0.271 e. The fourth-order valence-electron chi connectivity index (χ4n) is 5.83. The molecule has 3 atom stereocenters. The molecule has 2 aromatic heterocycles. The largest absolute Gasteiger partial charge is 0.361 e. The van der Waals surface area contributed by atoms with Crippen molar-refractivity contribution in [2.24, 2.45) is 5.92 Å². The predicted molar refractivity (Wildman–Crippen MR) is 194 cm³/mol. The van der Waals surface area contributed by atoms with Crippen LogP contribution in [0.2, 0.25) is 0 Å². The van der Waals surface area contributed by atoms with Crippen molar-refractivity contribution in [3.63, 3.8) is 0 Å². The molecule has 1 aromatic carbocycles. The molecule has 0 unspecified atom stereocenters. The van der Waals surface area contributed by atoms with E-state index in [0.717, 1.165) is 22.0 Å². The van der Waals surface area contributed by atoms with Crippen LogP contribution in [0.5, 0.6) is 0 Å². The molecule has 14 heteroatoms. The molecule has 5 amide bonds. The normalized spacial score (nSPS) is 21.1. The van der Waals surface area contributed by atoms with Crippen molar-refractivity contribution in [2.45, 2.75) is 65.6 Å². The molecule has 0 saturated heterocycles. The first-order valence-corrected chi connectivity index (χ1v) is 17.8. The maximum Gasteiger partial charge on any atom is 0.271 e. The number of hydrogen-bond acceptors (Lipinski definition) is 8. The van der Waals surface area contributed by atoms with Crippen molar-refractivity contribution in [2.75, 3.05) is 46.8 Å². The van der Waals surface area contributed by atoms with Gasteiger partial charge in [-0.05, 0) is 44.7 Å². The van der Waals surface area contributed by atoms with Gasteiger partial charge in [-0.3, -0.25) is 28.9 Å². The molecule has 50 heavy (non-hydrogen) atoms. The van der Waals surface area contributed by atoms with E-state index in [9.17, 15) is 24.0 Å². The molecule has 270 valence electrons. The SMILES string of the molecule is CC(C)=CCN1CCN(C)C(=O)[C@H](C)NC(=O)CN(C)C(=O)[C@@H](Cc2c[nH]c3ccccc23)NC(=O)c2csc(n2)[C@H](CC(C)C)NC(=O)C1. The number of carbonyl (C=O) groups is 5. The lowest BCUT2D eigenvalue weighted by molar-refractivity contribution is -0.138. The van der Waals surface area contributed by atoms with Crippen LogP contribution in [0.4, 0.5) is 0 Å². The summed E-state index contributed by atoms with van der Waals surface area (Å²) in [6, 6.07) is 5.36. The lowest BCUT2D eigenvalue weighted by Crippen LogP contribution is -2.53. The molecule has 0 aliphatic carbocycles. The number of H-pyrrole nitrogens is 1. The first-order chi connectivity index (χ1) is 23.7. The number of para-hydroxylation sites is 1. The summed E-state index contributed by atoms with van der Waals surface area (Å²) < 4.78 is 0. The van der Waals surface area contributed by atoms with Gasteiger partial charge in [0.25, 0.3) is 5.91 Å². The van der Waals surface area contributed by atoms with Gasteiger partial charge in [-0.15, -0.1) is 11.3 Å². The lowest BCUT2D eigenvalue weighted by atomic mass is 10.0. The Kier molecular flexibility index (Phi) is 13.3. The highest BCUT2D eigenvalue weighted by atomic mass is 32.1. The van der Waals surface area contributed by atoms with E-state index in [4.69, 9.17) is 0 Å². The molecule has 1 aliphatic heterocycles. The highest BCUT2D eigenvalue weighted by Gasteiger charge is 2.30. The van der Waals surface area contributed by atoms with Crippen LogP contribution in [0.15, 0.2) is 47.5 Å². The maximum absolute atomic E-state index is 13.9. The van der Waals surface area contributed by atoms with E-state index in [1.165, 1.54) is 28.2 Å². The lowest BCUT2D eigenvalue weighted by Gasteiger charge is -2.28. The van der Waals surface area contributed by atoms with Crippen LogP contribution in [0.1, 0.15) is 68.1 Å². The molecule has 1 aliphatic rings. The molecule has 0 saturated carbocycles. The van der Waals surface area contributed by atoms with Gasteiger partial charge in [-0.2, -0.15) is 0 Å². The molecule has 3 aromatic rings. The maximum atomic E-state index is 13.9. The van der Waals surface area contributed by atoms with Crippen molar-refractivity contribution in [3.8, 4) is 0 Å². The number of likely N-dealkylation sites (N-methyl/N-ethyl adjacent to an activating group) is 2. The summed E-state index contributed by atoms with van der Waals surface area (Å²) in [5.41, 5.74) is 2.95. The number of benzene rings is 1. The Hall–Kier alpha value is -4.56. The molecular weight excluding hydrogens is 657 g/mol. The minimum absolute atomic E-state index is 0.0926. The number of allylic oxidation sites excluding steroid dienone is 1. The minimum Gasteiger partial charge on any atom is -0.361 e. The van der Waals surface area contributed by atoms with Crippen molar-refractivity contribution in [1.82, 2.24) is 40.6 Å². The monoisotopic (exact) mass is 706 g/mol. The second-order valence-electron chi connectivity index (χ2n) is 13.7. The summed E-state index contributed by atoms with van der Waals surface area (Å²) in [5.74, 6) is -1.81. The fourth-order valence-corrected chi connectivity index (χ4v) is 6.69. The fraction of sp³-hybridized carbons (Fsp3) is 0.500. The second kappa shape index (κ2) is 17.4. The number of amides is 5. The van der Waals surface area contributed by atoms with E-state index in [-0.39, 0.29) is 42.9 Å². The van der Waals surface area contributed by atoms with Gasteiger partial charge in [0, 0.05) is 62.6 Å². The number of nitrogens with zero attached hydrogens (tertiary/aromatic N) is 4. The van der Waals surface area contributed by atoms with Crippen molar-refractivity contribution in [3.05, 3.63) is 63.8 Å². The second-order valence-corrected chi connectivity index (χ2v) is 14.6. The van der Waals surface area contributed by atoms with Gasteiger partial charge in [0.2, 0.25) is 23.6 Å². The number of thiazole rings is 1. The quantitative estimate of drug-likeness (QED) is 0.287. The van der Waals surface area contributed by atoms with Crippen molar-refractivity contribution >= 4 is 51.8 Å². The third-order valence-corrected chi connectivity index (χ3v) is 9.51. The third kappa shape index (κ3) is 10.5. The summed E-state index contributed by atoms with van der Waals surface area (Å²) in [4.78, 5) is 79.9. The highest BCUT2D eigenvalue weighted by Crippen LogP contribution is 2.25. The van der Waals surface area contributed by atoms with Crippen molar-refractivity contribution in [1.29, 1.82) is 0 Å². The Labute approximate surface area is 297 Å². The molecule has 3 heterocycles. The van der Waals surface area contributed by atoms with Crippen LogP contribution < -0.4 is 16.0 Å². The van der Waals surface area contributed by atoms with E-state index >= 15 is 0 Å². The molecule has 13 nitrogen and oxygen atoms in total. The minimum atomic E-state index is -1.03. The Morgan fingerprint density at radius 1 is 0.940 bits per heavy atom. The van der Waals surface area contributed by atoms with Crippen LogP contribution in [0.3, 0.4) is 0 Å². The van der Waals surface area contributed by atoms with Gasteiger partial charge >= 0.3 is 0 Å². The standard InChI is InChI=1S/C36H50N8O5S/c1-22(2)12-13-44-15-14-42(6)35(48)24(5)38-31(45)19-43(7)36(49)29(17-25-18-37-27-11-9-8-10-26(25)27)40-33(47)30-21-50-34(41-30)28(16-23(3)4)39-32(46)20-44/h8-12,18,21,23-24,28-29,37H,13-17,19-20H2,1-7H3,(H,38,45)(H,39,46)(H,40,47)/t24-,28-,29+/m0/s1. The first-order valence-electron chi connectivity index (χ1n) is 17.0. The molecule has 0 radical (unpaired) electrons. The number of rotatable bonds is 6. The van der Waals surface area contributed by atoms with E-state index in [0.29, 0.717) is 31.1 Å². The summed E-state index contributed by atoms with van der Waals surface area (Å²) in [7, 11) is 3.15. The van der Waals surface area contributed by atoms with Crippen LogP contribution in [-0.2, 0) is 25.6 Å². The van der Waals surface area contributed by atoms with E-state index in [1.54, 1.807) is 25.5 Å². The average molecular weight is 707 g/mol. The number of fused-ring (bicyclic) bond motifs is 3. The number of nitrogens with one attached hydrogen (secondary N) is 4. The predicted octanol–water partition coefficient (Wildman–Crippen LogP) is 2.87. The topological polar surface area (TPSA) is 160 Å². The van der Waals surface area contributed by atoms with Gasteiger partial charge in [0.1, 0.15) is 22.8 Å². The Morgan fingerprint density at radius 2 is 1.66 bits per heavy atom. The summed E-state index contributed by atoms with van der Waals surface area (Å²) in [5, 5.41) is 11.8. The molecule has 0 spiro atoms. The van der Waals surface area contributed by atoms with Gasteiger partial charge in [-0.25, -0.2) is 4.98 Å². The average Bonchev–Trinajstić information content (AvgIpc) is 3.72. The molecule has 0 fully saturated rings. The molecular formula is C36H50N8O5S. The van der Waals surface area contributed by atoms with Gasteiger partial charge in [0.05, 0.1) is 19.1 Å². The van der Waals surface area contributed by atoms with Crippen LogP contribution in [0, 0.1) is 5.92 Å². The Morgan fingerprint density at radius 3 is 2.38 bits per heavy atom. The highest BCUT2D eigenvalue weighted by molar-refractivity contribution is 7.09. The summed E-state index contributed by atoms with van der Waals surface area (Å²) >= 11 is 1.28. The van der Waals surface area contributed by atoms with Gasteiger partial charge in [0.15, 0.2) is 0 Å². The first kappa shape index (κ1) is 38.2. The Bertz CT molecular complexity index is 1710. The zero-order valence-corrected chi connectivity index (χ0v) is 30.9. The summed E-state index contributed by atoms with van der Waals surface area (Å²) in [6.45, 7) is 10.7. The van der Waals surface area contributed by atoms with Crippen LogP contribution in [-0.4, -0.2) is 113 Å². The van der Waals surface area contributed by atoms with Crippen LogP contribution in [0.25, 0.3) is 10.9 Å². The zero-order chi connectivity index (χ0) is 36.5. The Balaban J connectivity index is 1.67. The van der Waals surface area contributed by atoms with Gasteiger partial charge in [-0.1, -0.05) is 43.7 Å². The van der Waals surface area contributed by atoms with E-state index in [1.807, 2.05) is 49.1 Å². The van der Waals surface area contributed by atoms with Gasteiger partial charge < -0.3 is 30.7 Å². The number of aromatic amines is 1. The summed E-state index contributed by atoms with van der Waals surface area (Å²) in [6.07, 6.45) is 4.60. The number of hydrogen-bond donors (Lipinski definition) is 4. The molecule has 4 N–H and O–H groups in total. The van der Waals surface area contributed by atoms with Crippen molar-refractivity contribution < 1.29 is 24.0 Å². The number of carbonyl (C=O) groups excluding carboxylic acids is 5. The number of aromatic nitrogens is 2. The van der Waals surface area contributed by atoms with Crippen LogP contribution >= 0.6 is 11.3 Å². The van der Waals surface area contributed by atoms with E-state index < -0.39 is 35.8 Å². The molecule has 2 bridgehead atoms. The zero-order valence-electron chi connectivity index (χ0n) is 30.0. The molecule has 4 rings (SSSR count). The van der Waals surface area contributed by atoms with E-state index in [2.05, 4.69) is 39.8 Å².